The molecule has 0 saturated carbocycles. The molecule has 0 saturated heterocycles. The third-order valence-electron chi connectivity index (χ3n) is 3.72. The standard InChI is InChI=1S/C18H18ClN3O/c1-12-5-6-15-16(19)10-13(18(23)17(15)22-12)11-20-9-7-14-4-2-3-8-21-14/h2-6,8,10,20,23H,7,9,11H2,1H3. The minimum atomic E-state index is 0.193. The number of hydrogen-bond acceptors (Lipinski definition) is 4. The molecule has 0 fully saturated rings. The van der Waals surface area contributed by atoms with Gasteiger partial charge in [0, 0.05) is 48.0 Å². The molecule has 0 aliphatic heterocycles. The van der Waals surface area contributed by atoms with Gasteiger partial charge in [0.2, 0.25) is 0 Å². The van der Waals surface area contributed by atoms with Gasteiger partial charge < -0.3 is 10.4 Å². The van der Waals surface area contributed by atoms with Crippen molar-refractivity contribution >= 4 is 22.5 Å². The minimum Gasteiger partial charge on any atom is -0.505 e. The number of halogens is 1. The molecular formula is C18H18ClN3O. The van der Waals surface area contributed by atoms with Crippen molar-refractivity contribution in [2.75, 3.05) is 6.54 Å². The zero-order chi connectivity index (χ0) is 16.2. The fourth-order valence-electron chi connectivity index (χ4n) is 2.50. The summed E-state index contributed by atoms with van der Waals surface area (Å²) in [6.07, 6.45) is 2.62. The summed E-state index contributed by atoms with van der Waals surface area (Å²) < 4.78 is 0. The molecule has 2 N–H and O–H groups in total. The highest BCUT2D eigenvalue weighted by Crippen LogP contribution is 2.33. The maximum Gasteiger partial charge on any atom is 0.146 e. The predicted octanol–water partition coefficient (Wildman–Crippen LogP) is 3.63. The average molecular weight is 328 g/mol. The largest absolute Gasteiger partial charge is 0.505 e. The second kappa shape index (κ2) is 6.94. The van der Waals surface area contributed by atoms with E-state index in [-0.39, 0.29) is 5.75 Å². The van der Waals surface area contributed by atoms with E-state index in [0.717, 1.165) is 35.3 Å². The van der Waals surface area contributed by atoms with Crippen molar-refractivity contribution < 1.29 is 5.11 Å². The van der Waals surface area contributed by atoms with E-state index < -0.39 is 0 Å². The van der Waals surface area contributed by atoms with E-state index in [4.69, 9.17) is 11.6 Å². The van der Waals surface area contributed by atoms with Crippen molar-refractivity contribution in [2.24, 2.45) is 0 Å². The molecule has 1 aromatic carbocycles. The van der Waals surface area contributed by atoms with Crippen LogP contribution in [-0.4, -0.2) is 21.6 Å². The third kappa shape index (κ3) is 3.60. The first-order valence-corrected chi connectivity index (χ1v) is 7.91. The van der Waals surface area contributed by atoms with Crippen LogP contribution in [0.25, 0.3) is 10.9 Å². The highest BCUT2D eigenvalue weighted by Gasteiger charge is 2.11. The lowest BCUT2D eigenvalue weighted by Gasteiger charge is -2.11. The molecule has 0 amide bonds. The van der Waals surface area contributed by atoms with E-state index >= 15 is 0 Å². The summed E-state index contributed by atoms with van der Waals surface area (Å²) >= 11 is 6.31. The van der Waals surface area contributed by atoms with Crippen LogP contribution < -0.4 is 5.32 Å². The van der Waals surface area contributed by atoms with Crippen molar-refractivity contribution in [3.8, 4) is 5.75 Å². The van der Waals surface area contributed by atoms with E-state index in [1.807, 2.05) is 37.3 Å². The minimum absolute atomic E-state index is 0.193. The molecule has 0 spiro atoms. The third-order valence-corrected chi connectivity index (χ3v) is 4.03. The monoisotopic (exact) mass is 327 g/mol. The average Bonchev–Trinajstić information content (AvgIpc) is 2.56. The summed E-state index contributed by atoms with van der Waals surface area (Å²) in [5.41, 5.74) is 3.20. The molecular weight excluding hydrogens is 310 g/mol. The molecule has 2 aromatic heterocycles. The number of nitrogens with one attached hydrogen (secondary N) is 1. The summed E-state index contributed by atoms with van der Waals surface area (Å²) in [5, 5.41) is 15.1. The van der Waals surface area contributed by atoms with Crippen LogP contribution in [0.3, 0.4) is 0 Å². The van der Waals surface area contributed by atoms with Gasteiger partial charge in [-0.3, -0.25) is 4.98 Å². The first kappa shape index (κ1) is 15.7. The van der Waals surface area contributed by atoms with Gasteiger partial charge in [0.15, 0.2) is 0 Å². The Hall–Kier alpha value is -2.17. The molecule has 118 valence electrons. The van der Waals surface area contributed by atoms with Gasteiger partial charge in [-0.05, 0) is 37.3 Å². The number of phenols is 1. The van der Waals surface area contributed by atoms with Crippen molar-refractivity contribution in [3.05, 3.63) is 64.6 Å². The first-order chi connectivity index (χ1) is 11.1. The van der Waals surface area contributed by atoms with E-state index in [9.17, 15) is 5.11 Å². The van der Waals surface area contributed by atoms with E-state index in [1.54, 1.807) is 12.3 Å². The van der Waals surface area contributed by atoms with Crippen LogP contribution in [0, 0.1) is 6.92 Å². The molecule has 3 rings (SSSR count). The fourth-order valence-corrected chi connectivity index (χ4v) is 2.79. The van der Waals surface area contributed by atoms with E-state index in [1.165, 1.54) is 0 Å². The Balaban J connectivity index is 1.71. The molecule has 0 bridgehead atoms. The normalized spacial score (nSPS) is 11.0. The molecule has 5 heteroatoms. The maximum absolute atomic E-state index is 10.4. The van der Waals surface area contributed by atoms with Crippen LogP contribution in [0.15, 0.2) is 42.6 Å². The van der Waals surface area contributed by atoms with Crippen molar-refractivity contribution in [2.45, 2.75) is 19.9 Å². The summed E-state index contributed by atoms with van der Waals surface area (Å²) in [6.45, 7) is 3.20. The number of phenolic OH excluding ortho intramolecular Hbond substituents is 1. The van der Waals surface area contributed by atoms with Crippen LogP contribution in [-0.2, 0) is 13.0 Å². The number of aromatic hydroxyl groups is 1. The lowest BCUT2D eigenvalue weighted by Crippen LogP contribution is -2.17. The molecule has 0 radical (unpaired) electrons. The fraction of sp³-hybridized carbons (Fsp3) is 0.222. The molecule has 3 aromatic rings. The van der Waals surface area contributed by atoms with E-state index in [2.05, 4.69) is 15.3 Å². The van der Waals surface area contributed by atoms with Crippen molar-refractivity contribution in [1.29, 1.82) is 0 Å². The molecule has 0 aliphatic carbocycles. The first-order valence-electron chi connectivity index (χ1n) is 7.53. The zero-order valence-corrected chi connectivity index (χ0v) is 13.6. The SMILES string of the molecule is Cc1ccc2c(Cl)cc(CNCCc3ccccn3)c(O)c2n1. The molecule has 0 atom stereocenters. The summed E-state index contributed by atoms with van der Waals surface area (Å²) in [5.74, 6) is 0.193. The lowest BCUT2D eigenvalue weighted by molar-refractivity contribution is 0.469. The van der Waals surface area contributed by atoms with Gasteiger partial charge in [-0.1, -0.05) is 17.7 Å². The molecule has 4 nitrogen and oxygen atoms in total. The Morgan fingerprint density at radius 3 is 2.87 bits per heavy atom. The molecule has 2 heterocycles. The lowest BCUT2D eigenvalue weighted by atomic mass is 10.1. The van der Waals surface area contributed by atoms with Gasteiger partial charge in [-0.15, -0.1) is 0 Å². The quantitative estimate of drug-likeness (QED) is 0.703. The highest BCUT2D eigenvalue weighted by molar-refractivity contribution is 6.35. The summed E-state index contributed by atoms with van der Waals surface area (Å²) in [7, 11) is 0. The number of rotatable bonds is 5. The van der Waals surface area contributed by atoms with Gasteiger partial charge in [0.05, 0.1) is 5.02 Å². The van der Waals surface area contributed by atoms with E-state index in [0.29, 0.717) is 17.1 Å². The Bertz CT molecular complexity index is 821. The van der Waals surface area contributed by atoms with Crippen LogP contribution >= 0.6 is 11.6 Å². The van der Waals surface area contributed by atoms with Crippen LogP contribution in [0.5, 0.6) is 5.75 Å². The number of aryl methyl sites for hydroxylation is 1. The highest BCUT2D eigenvalue weighted by atomic mass is 35.5. The summed E-state index contributed by atoms with van der Waals surface area (Å²) in [6, 6.07) is 11.4. The molecule has 0 aliphatic rings. The Morgan fingerprint density at radius 2 is 2.09 bits per heavy atom. The number of hydrogen-bond donors (Lipinski definition) is 2. The second-order valence-corrected chi connectivity index (χ2v) is 5.87. The van der Waals surface area contributed by atoms with Crippen LogP contribution in [0.4, 0.5) is 0 Å². The zero-order valence-electron chi connectivity index (χ0n) is 12.9. The van der Waals surface area contributed by atoms with Gasteiger partial charge >= 0.3 is 0 Å². The van der Waals surface area contributed by atoms with Crippen molar-refractivity contribution in [1.82, 2.24) is 15.3 Å². The van der Waals surface area contributed by atoms with Gasteiger partial charge in [-0.2, -0.15) is 0 Å². The predicted molar refractivity (Wildman–Crippen MR) is 92.8 cm³/mol. The second-order valence-electron chi connectivity index (χ2n) is 5.46. The molecule has 0 unspecified atom stereocenters. The van der Waals surface area contributed by atoms with Gasteiger partial charge in [0.1, 0.15) is 11.3 Å². The summed E-state index contributed by atoms with van der Waals surface area (Å²) in [4.78, 5) is 8.69. The van der Waals surface area contributed by atoms with Gasteiger partial charge in [0.25, 0.3) is 0 Å². The molecule has 23 heavy (non-hydrogen) atoms. The Labute approximate surface area is 140 Å². The Kier molecular flexibility index (Phi) is 4.74. The van der Waals surface area contributed by atoms with Crippen molar-refractivity contribution in [3.63, 3.8) is 0 Å². The maximum atomic E-state index is 10.4. The smallest absolute Gasteiger partial charge is 0.146 e. The topological polar surface area (TPSA) is 58.0 Å². The number of fused-ring (bicyclic) bond motifs is 1. The van der Waals surface area contributed by atoms with Gasteiger partial charge in [-0.25, -0.2) is 4.98 Å². The number of aromatic nitrogens is 2. The number of nitrogens with zero attached hydrogens (tertiary/aromatic N) is 2. The number of benzene rings is 1. The number of pyridine rings is 2. The van der Waals surface area contributed by atoms with Crippen LogP contribution in [0.1, 0.15) is 17.0 Å². The Morgan fingerprint density at radius 1 is 1.22 bits per heavy atom. The van der Waals surface area contributed by atoms with Crippen LogP contribution in [0.2, 0.25) is 5.02 Å².